The Morgan fingerprint density at radius 2 is 1.78 bits per heavy atom. The maximum atomic E-state index is 13.4. The molecule has 0 bridgehead atoms. The quantitative estimate of drug-likeness (QED) is 0.242. The number of para-hydroxylation sites is 1. The number of aryl methyl sites for hydroxylation is 1. The van der Waals surface area contributed by atoms with Gasteiger partial charge in [-0.1, -0.05) is 65.2 Å². The normalized spacial score (nSPS) is 16.3. The van der Waals surface area contributed by atoms with Crippen molar-refractivity contribution >= 4 is 68.7 Å². The average molecular weight is 535 g/mol. The van der Waals surface area contributed by atoms with E-state index in [4.69, 9.17) is 28.2 Å². The van der Waals surface area contributed by atoms with Gasteiger partial charge in [0.05, 0.1) is 10.6 Å². The molecule has 0 spiro atoms. The van der Waals surface area contributed by atoms with Gasteiger partial charge in [-0.3, -0.25) is 9.69 Å². The second-order valence-corrected chi connectivity index (χ2v) is 10.9. The van der Waals surface area contributed by atoms with E-state index >= 15 is 0 Å². The number of nitrogens with zero attached hydrogens (tertiary/aromatic N) is 3. The van der Waals surface area contributed by atoms with Crippen molar-refractivity contribution in [2.75, 3.05) is 0 Å². The maximum Gasteiger partial charge on any atom is 0.266 e. The minimum atomic E-state index is -0.0292. The number of aliphatic imine (C=N–C) groups is 1. The molecule has 1 aliphatic heterocycles. The van der Waals surface area contributed by atoms with Crippen LogP contribution in [0.4, 0.5) is 5.69 Å². The van der Waals surface area contributed by atoms with E-state index < -0.39 is 0 Å². The van der Waals surface area contributed by atoms with Gasteiger partial charge >= 0.3 is 0 Å². The smallest absolute Gasteiger partial charge is 0.266 e. The number of aromatic nitrogens is 1. The van der Waals surface area contributed by atoms with Crippen molar-refractivity contribution in [1.82, 2.24) is 9.47 Å². The van der Waals surface area contributed by atoms with Crippen molar-refractivity contribution < 1.29 is 4.79 Å². The van der Waals surface area contributed by atoms with Crippen molar-refractivity contribution in [3.8, 4) is 0 Å². The first kappa shape index (κ1) is 24.7. The van der Waals surface area contributed by atoms with Gasteiger partial charge in [-0.05, 0) is 74.5 Å². The lowest BCUT2D eigenvalue weighted by Gasteiger charge is -2.19. The van der Waals surface area contributed by atoms with E-state index in [2.05, 4.69) is 22.9 Å². The molecule has 3 aromatic carbocycles. The number of halogens is 2. The highest BCUT2D eigenvalue weighted by atomic mass is 35.5. The first-order valence-electron chi connectivity index (χ1n) is 11.7. The molecule has 1 aliphatic rings. The summed E-state index contributed by atoms with van der Waals surface area (Å²) >= 11 is 14.0. The van der Waals surface area contributed by atoms with Gasteiger partial charge in [-0.2, -0.15) is 0 Å². The summed E-state index contributed by atoms with van der Waals surface area (Å²) in [6.45, 7) is 6.66. The van der Waals surface area contributed by atoms with Gasteiger partial charge in [0, 0.05) is 45.3 Å². The molecule has 2 heterocycles. The number of carbonyl (C=O) groups excluding carboxylic acids is 1. The van der Waals surface area contributed by atoms with Gasteiger partial charge in [0.1, 0.15) is 0 Å². The molecule has 1 amide bonds. The fourth-order valence-corrected chi connectivity index (χ4v) is 5.83. The van der Waals surface area contributed by atoms with Crippen LogP contribution >= 0.6 is 35.0 Å². The largest absolute Gasteiger partial charge is 0.342 e. The fourth-order valence-electron chi connectivity index (χ4n) is 4.25. The Bertz CT molecular complexity index is 1520. The molecular formula is C29H25Cl2N3OS. The van der Waals surface area contributed by atoms with Gasteiger partial charge in [0.25, 0.3) is 5.91 Å². The van der Waals surface area contributed by atoms with E-state index in [0.717, 1.165) is 27.7 Å². The van der Waals surface area contributed by atoms with Crippen LogP contribution in [0.25, 0.3) is 17.0 Å². The number of amidine groups is 1. The molecule has 1 fully saturated rings. The lowest BCUT2D eigenvalue weighted by molar-refractivity contribution is -0.123. The van der Waals surface area contributed by atoms with Crippen LogP contribution in [-0.2, 0) is 11.3 Å². The van der Waals surface area contributed by atoms with Gasteiger partial charge in [-0.25, -0.2) is 4.99 Å². The number of carbonyl (C=O) groups is 1. The van der Waals surface area contributed by atoms with E-state index in [1.165, 1.54) is 17.3 Å². The molecule has 182 valence electrons. The number of fused-ring (bicyclic) bond motifs is 1. The van der Waals surface area contributed by atoms with E-state index in [-0.39, 0.29) is 11.9 Å². The van der Waals surface area contributed by atoms with E-state index in [9.17, 15) is 4.79 Å². The van der Waals surface area contributed by atoms with Crippen LogP contribution < -0.4 is 0 Å². The first-order valence-corrected chi connectivity index (χ1v) is 13.3. The van der Waals surface area contributed by atoms with Gasteiger partial charge in [0.15, 0.2) is 5.17 Å². The molecule has 0 unspecified atom stereocenters. The number of benzene rings is 3. The molecule has 0 N–H and O–H groups in total. The molecule has 1 saturated heterocycles. The third kappa shape index (κ3) is 4.96. The predicted octanol–water partition coefficient (Wildman–Crippen LogP) is 8.32. The van der Waals surface area contributed by atoms with Crippen molar-refractivity contribution in [2.45, 2.75) is 33.4 Å². The number of hydrogen-bond donors (Lipinski definition) is 0. The first-order chi connectivity index (χ1) is 17.3. The monoisotopic (exact) mass is 533 g/mol. The number of rotatable bonds is 5. The summed E-state index contributed by atoms with van der Waals surface area (Å²) in [4.78, 5) is 20.7. The average Bonchev–Trinajstić information content (AvgIpc) is 3.34. The Kier molecular flexibility index (Phi) is 6.98. The SMILES string of the molecule is Cc1ccc(N=C2S/C(=C/c3cn(Cc4ccc(Cl)cc4Cl)c4ccccc34)C(=O)N2C(C)C)cc1. The summed E-state index contributed by atoms with van der Waals surface area (Å²) in [5.41, 5.74) is 5.03. The maximum absolute atomic E-state index is 13.4. The zero-order valence-corrected chi connectivity index (χ0v) is 22.5. The van der Waals surface area contributed by atoms with Gasteiger partial charge < -0.3 is 4.57 Å². The van der Waals surface area contributed by atoms with Gasteiger partial charge in [-0.15, -0.1) is 0 Å². The zero-order valence-electron chi connectivity index (χ0n) is 20.2. The van der Waals surface area contributed by atoms with Crippen LogP contribution in [0.5, 0.6) is 0 Å². The number of amides is 1. The molecule has 5 rings (SSSR count). The number of thioether (sulfide) groups is 1. The molecule has 0 aliphatic carbocycles. The highest BCUT2D eigenvalue weighted by Crippen LogP contribution is 2.37. The Balaban J connectivity index is 1.53. The highest BCUT2D eigenvalue weighted by molar-refractivity contribution is 8.18. The molecule has 4 nitrogen and oxygen atoms in total. The zero-order chi connectivity index (χ0) is 25.4. The third-order valence-electron chi connectivity index (χ3n) is 6.07. The second-order valence-electron chi connectivity index (χ2n) is 9.07. The Labute approximate surface area is 225 Å². The number of hydrogen-bond acceptors (Lipinski definition) is 3. The minimum Gasteiger partial charge on any atom is -0.342 e. The summed E-state index contributed by atoms with van der Waals surface area (Å²) in [7, 11) is 0. The molecular weight excluding hydrogens is 509 g/mol. The van der Waals surface area contributed by atoms with E-state index in [1.54, 1.807) is 11.0 Å². The Hall–Kier alpha value is -2.99. The summed E-state index contributed by atoms with van der Waals surface area (Å²) < 4.78 is 2.16. The van der Waals surface area contributed by atoms with Crippen molar-refractivity contribution in [3.05, 3.63) is 105 Å². The highest BCUT2D eigenvalue weighted by Gasteiger charge is 2.35. The molecule has 1 aromatic heterocycles. The summed E-state index contributed by atoms with van der Waals surface area (Å²) in [6, 6.07) is 21.7. The summed E-state index contributed by atoms with van der Waals surface area (Å²) in [5.74, 6) is -0.0292. The van der Waals surface area contributed by atoms with Crippen LogP contribution in [-0.4, -0.2) is 26.6 Å². The molecule has 4 aromatic rings. The second kappa shape index (κ2) is 10.2. The minimum absolute atomic E-state index is 0.00603. The van der Waals surface area contributed by atoms with Crippen LogP contribution in [0.1, 0.15) is 30.5 Å². The van der Waals surface area contributed by atoms with Crippen LogP contribution in [0.15, 0.2) is 82.8 Å². The topological polar surface area (TPSA) is 37.6 Å². The Morgan fingerprint density at radius 3 is 2.50 bits per heavy atom. The molecule has 0 radical (unpaired) electrons. The van der Waals surface area contributed by atoms with Crippen molar-refractivity contribution in [2.24, 2.45) is 4.99 Å². The standard InChI is InChI=1S/C29H25Cl2N3OS/c1-18(2)34-28(35)27(36-29(34)32-23-12-8-19(3)9-13-23)14-21-17-33(26-7-5-4-6-24(21)26)16-20-10-11-22(30)15-25(20)31/h4-15,17-18H,16H2,1-3H3/b27-14+,32-29?. The van der Waals surface area contributed by atoms with E-state index in [0.29, 0.717) is 26.7 Å². The lowest BCUT2D eigenvalue weighted by Crippen LogP contribution is -2.35. The molecule has 0 saturated carbocycles. The molecule has 36 heavy (non-hydrogen) atoms. The summed E-state index contributed by atoms with van der Waals surface area (Å²) in [5, 5.41) is 3.01. The summed E-state index contributed by atoms with van der Waals surface area (Å²) in [6.07, 6.45) is 4.05. The van der Waals surface area contributed by atoms with Crippen LogP contribution in [0.2, 0.25) is 10.0 Å². The predicted molar refractivity (Wildman–Crippen MR) is 153 cm³/mol. The lowest BCUT2D eigenvalue weighted by atomic mass is 10.1. The van der Waals surface area contributed by atoms with E-state index in [1.807, 2.05) is 75.4 Å². The van der Waals surface area contributed by atoms with Gasteiger partial charge in [0.2, 0.25) is 0 Å². The van der Waals surface area contributed by atoms with Crippen molar-refractivity contribution in [1.29, 1.82) is 0 Å². The Morgan fingerprint density at radius 1 is 1.03 bits per heavy atom. The fraction of sp³-hybridized carbons (Fsp3) is 0.172. The van der Waals surface area contributed by atoms with Crippen molar-refractivity contribution in [3.63, 3.8) is 0 Å². The molecule has 7 heteroatoms. The third-order valence-corrected chi connectivity index (χ3v) is 7.64. The van der Waals surface area contributed by atoms with Crippen LogP contribution in [0.3, 0.4) is 0 Å². The van der Waals surface area contributed by atoms with Crippen LogP contribution in [0, 0.1) is 6.92 Å². The molecule has 0 atom stereocenters.